The van der Waals surface area contributed by atoms with E-state index in [9.17, 15) is 14.0 Å². The number of benzene rings is 1. The van der Waals surface area contributed by atoms with Crippen molar-refractivity contribution < 1.29 is 23.8 Å². The first-order valence-corrected chi connectivity index (χ1v) is 9.11. The maximum Gasteiger partial charge on any atom is 0.317 e. The van der Waals surface area contributed by atoms with Crippen LogP contribution in [0.4, 0.5) is 4.39 Å². The van der Waals surface area contributed by atoms with Crippen molar-refractivity contribution in [3.05, 3.63) is 30.1 Å². The number of carboxylic acids is 1. The number of likely N-dealkylation sites (tertiary alicyclic amines) is 1. The average molecular weight is 366 g/mol. The largest absolute Gasteiger partial charge is 0.493 e. The molecule has 0 aromatic heterocycles. The summed E-state index contributed by atoms with van der Waals surface area (Å²) in [6.07, 6.45) is 2.57. The van der Waals surface area contributed by atoms with E-state index in [0.717, 1.165) is 12.8 Å². The standard InChI is InChI=1S/C19H27FN2O4/c1-2-21(14-19(24)25)16-8-10-22(11-9-16)18(23)7-4-12-26-17-6-3-5-15(20)13-17/h3,5-6,13,16H,2,4,7-12,14H2,1H3,(H,24,25). The number of piperidine rings is 1. The lowest BCUT2D eigenvalue weighted by molar-refractivity contribution is -0.140. The van der Waals surface area contributed by atoms with Gasteiger partial charge >= 0.3 is 5.97 Å². The molecule has 0 aliphatic carbocycles. The van der Waals surface area contributed by atoms with Crippen LogP contribution in [0, 0.1) is 5.82 Å². The average Bonchev–Trinajstić information content (AvgIpc) is 2.63. The van der Waals surface area contributed by atoms with E-state index in [0.29, 0.717) is 44.8 Å². The van der Waals surface area contributed by atoms with Crippen molar-refractivity contribution in [2.45, 2.75) is 38.6 Å². The summed E-state index contributed by atoms with van der Waals surface area (Å²) < 4.78 is 18.5. The Hall–Kier alpha value is -2.15. The van der Waals surface area contributed by atoms with E-state index in [1.165, 1.54) is 12.1 Å². The van der Waals surface area contributed by atoms with Crippen LogP contribution in [0.2, 0.25) is 0 Å². The van der Waals surface area contributed by atoms with Gasteiger partial charge in [-0.1, -0.05) is 13.0 Å². The molecule has 144 valence electrons. The second-order valence-electron chi connectivity index (χ2n) is 6.48. The van der Waals surface area contributed by atoms with E-state index in [2.05, 4.69) is 0 Å². The van der Waals surface area contributed by atoms with Crippen molar-refractivity contribution in [1.82, 2.24) is 9.80 Å². The molecule has 1 N–H and O–H groups in total. The van der Waals surface area contributed by atoms with E-state index in [1.807, 2.05) is 16.7 Å². The summed E-state index contributed by atoms with van der Waals surface area (Å²) in [5, 5.41) is 8.97. The summed E-state index contributed by atoms with van der Waals surface area (Å²) >= 11 is 0. The Morgan fingerprint density at radius 3 is 2.69 bits per heavy atom. The van der Waals surface area contributed by atoms with Crippen LogP contribution in [0.1, 0.15) is 32.6 Å². The lowest BCUT2D eigenvalue weighted by Gasteiger charge is -2.37. The Kier molecular flexibility index (Phi) is 7.84. The first-order chi connectivity index (χ1) is 12.5. The molecular weight excluding hydrogens is 339 g/mol. The van der Waals surface area contributed by atoms with Crippen LogP contribution < -0.4 is 4.74 Å². The summed E-state index contributed by atoms with van der Waals surface area (Å²) in [7, 11) is 0. The summed E-state index contributed by atoms with van der Waals surface area (Å²) in [6.45, 7) is 4.39. The fourth-order valence-electron chi connectivity index (χ4n) is 3.28. The molecular formula is C19H27FN2O4. The van der Waals surface area contributed by atoms with Gasteiger partial charge in [0, 0.05) is 31.6 Å². The highest BCUT2D eigenvalue weighted by molar-refractivity contribution is 5.76. The van der Waals surface area contributed by atoms with Crippen molar-refractivity contribution in [2.75, 3.05) is 32.8 Å². The van der Waals surface area contributed by atoms with Gasteiger partial charge in [-0.05, 0) is 37.9 Å². The number of halogens is 1. The van der Waals surface area contributed by atoms with E-state index < -0.39 is 5.97 Å². The first-order valence-electron chi connectivity index (χ1n) is 9.11. The molecule has 1 saturated heterocycles. The topological polar surface area (TPSA) is 70.1 Å². The van der Waals surface area contributed by atoms with Gasteiger partial charge in [-0.3, -0.25) is 14.5 Å². The predicted octanol–water partition coefficient (Wildman–Crippen LogP) is 2.38. The molecule has 0 radical (unpaired) electrons. The van der Waals surface area contributed by atoms with Crippen molar-refractivity contribution in [3.8, 4) is 5.75 Å². The zero-order valence-electron chi connectivity index (χ0n) is 15.2. The molecule has 7 heteroatoms. The van der Waals surface area contributed by atoms with E-state index in [4.69, 9.17) is 9.84 Å². The number of aliphatic carboxylic acids is 1. The van der Waals surface area contributed by atoms with Gasteiger partial charge in [0.15, 0.2) is 0 Å². The number of rotatable bonds is 9. The minimum Gasteiger partial charge on any atom is -0.493 e. The quantitative estimate of drug-likeness (QED) is 0.680. The molecule has 0 atom stereocenters. The Balaban J connectivity index is 1.67. The number of hydrogen-bond donors (Lipinski definition) is 1. The third-order valence-electron chi connectivity index (χ3n) is 4.68. The fraction of sp³-hybridized carbons (Fsp3) is 0.579. The number of hydrogen-bond acceptors (Lipinski definition) is 4. The number of likely N-dealkylation sites (N-methyl/N-ethyl adjacent to an activating group) is 1. The van der Waals surface area contributed by atoms with E-state index in [-0.39, 0.29) is 24.3 Å². The molecule has 1 amide bonds. The van der Waals surface area contributed by atoms with Crippen LogP contribution >= 0.6 is 0 Å². The third kappa shape index (κ3) is 6.29. The molecule has 0 spiro atoms. The van der Waals surface area contributed by atoms with Crippen LogP contribution in [0.25, 0.3) is 0 Å². The van der Waals surface area contributed by atoms with Crippen LogP contribution in [-0.2, 0) is 9.59 Å². The van der Waals surface area contributed by atoms with Crippen molar-refractivity contribution in [2.24, 2.45) is 0 Å². The normalized spacial score (nSPS) is 15.3. The Morgan fingerprint density at radius 2 is 2.08 bits per heavy atom. The van der Waals surface area contributed by atoms with Crippen molar-refractivity contribution in [1.29, 1.82) is 0 Å². The lowest BCUT2D eigenvalue weighted by Crippen LogP contribution is -2.48. The van der Waals surface area contributed by atoms with Crippen molar-refractivity contribution >= 4 is 11.9 Å². The fourth-order valence-corrected chi connectivity index (χ4v) is 3.28. The van der Waals surface area contributed by atoms with Crippen LogP contribution in [0.5, 0.6) is 5.75 Å². The Labute approximate surface area is 153 Å². The Morgan fingerprint density at radius 1 is 1.35 bits per heavy atom. The van der Waals surface area contributed by atoms with Gasteiger partial charge in [0.25, 0.3) is 0 Å². The van der Waals surface area contributed by atoms with Gasteiger partial charge in [-0.2, -0.15) is 0 Å². The minimum atomic E-state index is -0.816. The first kappa shape index (κ1) is 20.2. The molecule has 1 fully saturated rings. The number of amides is 1. The maximum atomic E-state index is 13.1. The highest BCUT2D eigenvalue weighted by Crippen LogP contribution is 2.18. The molecule has 1 heterocycles. The van der Waals surface area contributed by atoms with Gasteiger partial charge < -0.3 is 14.7 Å². The summed E-state index contributed by atoms with van der Waals surface area (Å²) in [5.74, 6) is -0.599. The second kappa shape index (κ2) is 10.1. The highest BCUT2D eigenvalue weighted by atomic mass is 19.1. The summed E-state index contributed by atoms with van der Waals surface area (Å²) in [4.78, 5) is 27.0. The van der Waals surface area contributed by atoms with Gasteiger partial charge in [0.05, 0.1) is 13.2 Å². The lowest BCUT2D eigenvalue weighted by atomic mass is 10.0. The molecule has 26 heavy (non-hydrogen) atoms. The molecule has 2 rings (SSSR count). The molecule has 6 nitrogen and oxygen atoms in total. The number of ether oxygens (including phenoxy) is 1. The molecule has 1 aromatic rings. The zero-order chi connectivity index (χ0) is 18.9. The summed E-state index contributed by atoms with van der Waals surface area (Å²) in [5.41, 5.74) is 0. The van der Waals surface area contributed by atoms with Gasteiger partial charge in [0.2, 0.25) is 5.91 Å². The zero-order valence-corrected chi connectivity index (χ0v) is 15.2. The Bertz CT molecular complexity index is 603. The van der Waals surface area contributed by atoms with Gasteiger partial charge in [-0.25, -0.2) is 4.39 Å². The van der Waals surface area contributed by atoms with Crippen LogP contribution in [0.15, 0.2) is 24.3 Å². The molecule has 0 bridgehead atoms. The molecule has 1 aliphatic heterocycles. The van der Waals surface area contributed by atoms with Crippen LogP contribution in [0.3, 0.4) is 0 Å². The number of nitrogens with zero attached hydrogens (tertiary/aromatic N) is 2. The number of carboxylic acid groups (broad SMARTS) is 1. The smallest absolute Gasteiger partial charge is 0.317 e. The minimum absolute atomic E-state index is 0.0481. The molecule has 0 saturated carbocycles. The van der Waals surface area contributed by atoms with Crippen LogP contribution in [-0.4, -0.2) is 65.6 Å². The SMILES string of the molecule is CCN(CC(=O)O)C1CCN(C(=O)CCCOc2cccc(F)c2)CC1. The third-order valence-corrected chi connectivity index (χ3v) is 4.68. The monoisotopic (exact) mass is 366 g/mol. The summed E-state index contributed by atoms with van der Waals surface area (Å²) in [6, 6.07) is 6.17. The van der Waals surface area contributed by atoms with E-state index >= 15 is 0 Å². The number of carbonyl (C=O) groups excluding carboxylic acids is 1. The maximum absolute atomic E-state index is 13.1. The highest BCUT2D eigenvalue weighted by Gasteiger charge is 2.26. The molecule has 0 unspecified atom stereocenters. The molecule has 1 aromatic carbocycles. The second-order valence-corrected chi connectivity index (χ2v) is 6.48. The molecule has 1 aliphatic rings. The van der Waals surface area contributed by atoms with Gasteiger partial charge in [-0.15, -0.1) is 0 Å². The number of carbonyl (C=O) groups is 2. The van der Waals surface area contributed by atoms with E-state index in [1.54, 1.807) is 12.1 Å². The van der Waals surface area contributed by atoms with Crippen molar-refractivity contribution in [3.63, 3.8) is 0 Å². The van der Waals surface area contributed by atoms with Gasteiger partial charge in [0.1, 0.15) is 11.6 Å². The predicted molar refractivity (Wildman–Crippen MR) is 95.6 cm³/mol.